The number of esters is 1. The van der Waals surface area contributed by atoms with Gasteiger partial charge >= 0.3 is 11.9 Å². The molecule has 0 aliphatic rings. The molecule has 2 unspecified atom stereocenters. The molecule has 0 saturated heterocycles. The minimum absolute atomic E-state index is 0.0474. The van der Waals surface area contributed by atoms with Crippen LogP contribution in [0.15, 0.2) is 54.6 Å². The molecule has 0 amide bonds. The van der Waals surface area contributed by atoms with Gasteiger partial charge in [0, 0.05) is 6.42 Å². The van der Waals surface area contributed by atoms with Gasteiger partial charge in [-0.1, -0.05) is 74.9 Å². The lowest BCUT2D eigenvalue weighted by atomic mass is 9.88. The summed E-state index contributed by atoms with van der Waals surface area (Å²) >= 11 is 0. The Morgan fingerprint density at radius 2 is 1.62 bits per heavy atom. The fourth-order valence-electron chi connectivity index (χ4n) is 3.51. The molecule has 0 saturated carbocycles. The molecule has 2 rings (SSSR count). The summed E-state index contributed by atoms with van der Waals surface area (Å²) in [6, 6.07) is 18.0. The molecule has 0 spiro atoms. The summed E-state index contributed by atoms with van der Waals surface area (Å²) in [5.41, 5.74) is 3.35. The highest BCUT2D eigenvalue weighted by Gasteiger charge is 2.22. The average molecular weight is 397 g/mol. The normalized spacial score (nSPS) is 12.9. The zero-order valence-electron chi connectivity index (χ0n) is 17.5. The van der Waals surface area contributed by atoms with Gasteiger partial charge in [-0.25, -0.2) is 0 Å². The third-order valence-corrected chi connectivity index (χ3v) is 5.14. The molecule has 2 atom stereocenters. The summed E-state index contributed by atoms with van der Waals surface area (Å²) in [5, 5.41) is 9.23. The summed E-state index contributed by atoms with van der Waals surface area (Å²) in [5.74, 6) is -1.56. The van der Waals surface area contributed by atoms with Crippen LogP contribution in [0.2, 0.25) is 0 Å². The number of ether oxygens (including phenoxy) is 1. The van der Waals surface area contributed by atoms with Gasteiger partial charge in [0.15, 0.2) is 0 Å². The quantitative estimate of drug-likeness (QED) is 0.486. The van der Waals surface area contributed by atoms with Gasteiger partial charge in [-0.05, 0) is 48.3 Å². The van der Waals surface area contributed by atoms with Crippen molar-refractivity contribution in [2.45, 2.75) is 59.0 Å². The highest BCUT2D eigenvalue weighted by atomic mass is 16.5. The number of hydrogen-bond acceptors (Lipinski definition) is 3. The number of carbonyl (C=O) groups is 2. The van der Waals surface area contributed by atoms with Gasteiger partial charge in [0.25, 0.3) is 0 Å². The Kier molecular flexibility index (Phi) is 9.42. The Hall–Kier alpha value is -2.62. The minimum atomic E-state index is -0.838. The number of carboxylic acids is 1. The van der Waals surface area contributed by atoms with E-state index in [4.69, 9.17) is 4.74 Å². The second kappa shape index (κ2) is 12.1. The summed E-state index contributed by atoms with van der Waals surface area (Å²) in [7, 11) is 0. The van der Waals surface area contributed by atoms with Gasteiger partial charge in [0.05, 0.1) is 5.92 Å². The van der Waals surface area contributed by atoms with Crippen molar-refractivity contribution < 1.29 is 19.4 Å². The van der Waals surface area contributed by atoms with E-state index >= 15 is 0 Å². The number of hydrogen-bond donors (Lipinski definition) is 1. The van der Waals surface area contributed by atoms with Crippen LogP contribution < -0.4 is 0 Å². The molecule has 2 aromatic rings. The predicted octanol–water partition coefficient (Wildman–Crippen LogP) is 5.43. The molecular weight excluding hydrogens is 364 g/mol. The van der Waals surface area contributed by atoms with Gasteiger partial charge < -0.3 is 9.84 Å². The van der Waals surface area contributed by atoms with Crippen LogP contribution in [0.4, 0.5) is 0 Å². The van der Waals surface area contributed by atoms with Crippen molar-refractivity contribution in [3.05, 3.63) is 71.3 Å². The maximum Gasteiger partial charge on any atom is 0.308 e. The van der Waals surface area contributed by atoms with E-state index in [1.807, 2.05) is 49.4 Å². The fourth-order valence-corrected chi connectivity index (χ4v) is 3.51. The second-order valence-corrected chi connectivity index (χ2v) is 7.82. The molecule has 4 heteroatoms. The maximum absolute atomic E-state index is 12.4. The molecule has 1 N–H and O–H groups in total. The van der Waals surface area contributed by atoms with Gasteiger partial charge in [-0.3, -0.25) is 9.59 Å². The lowest BCUT2D eigenvalue weighted by Gasteiger charge is -2.19. The van der Waals surface area contributed by atoms with E-state index in [0.29, 0.717) is 12.8 Å². The Morgan fingerprint density at radius 1 is 0.966 bits per heavy atom. The van der Waals surface area contributed by atoms with Crippen molar-refractivity contribution in [2.24, 2.45) is 11.8 Å². The molecule has 0 radical (unpaired) electrons. The first kappa shape index (κ1) is 22.7. The Labute approximate surface area is 173 Å². The molecule has 0 aliphatic carbocycles. The fraction of sp³-hybridized carbons (Fsp3) is 0.440. The summed E-state index contributed by atoms with van der Waals surface area (Å²) in [4.78, 5) is 23.7. The van der Waals surface area contributed by atoms with Crippen molar-refractivity contribution in [1.82, 2.24) is 0 Å². The maximum atomic E-state index is 12.4. The number of benzene rings is 2. The van der Waals surface area contributed by atoms with Crippen molar-refractivity contribution in [1.29, 1.82) is 0 Å². The number of rotatable bonds is 12. The lowest BCUT2D eigenvalue weighted by molar-refractivity contribution is -0.150. The molecule has 0 aromatic heterocycles. The molecule has 29 heavy (non-hydrogen) atoms. The van der Waals surface area contributed by atoms with Crippen molar-refractivity contribution in [3.63, 3.8) is 0 Å². The number of aliphatic carboxylic acids is 1. The minimum Gasteiger partial charge on any atom is -0.481 e. The lowest BCUT2D eigenvalue weighted by Crippen LogP contribution is -2.21. The van der Waals surface area contributed by atoms with Crippen LogP contribution in [-0.4, -0.2) is 17.0 Å². The van der Waals surface area contributed by atoms with Crippen LogP contribution in [0.25, 0.3) is 0 Å². The third-order valence-electron chi connectivity index (χ3n) is 5.14. The first-order chi connectivity index (χ1) is 14.0. The zero-order chi connectivity index (χ0) is 21.1. The van der Waals surface area contributed by atoms with E-state index in [9.17, 15) is 14.7 Å². The number of carboxylic acid groups (broad SMARTS) is 1. The molecule has 0 aliphatic heterocycles. The smallest absolute Gasteiger partial charge is 0.308 e. The SMILES string of the molecule is CCCCc1ccc(COC(=O)C(C)CC(CC(=O)O)Cc2ccccc2)cc1. The molecule has 156 valence electrons. The Morgan fingerprint density at radius 3 is 2.24 bits per heavy atom. The predicted molar refractivity (Wildman–Crippen MR) is 115 cm³/mol. The third kappa shape index (κ3) is 8.51. The highest BCUT2D eigenvalue weighted by Crippen LogP contribution is 2.22. The van der Waals surface area contributed by atoms with Crippen LogP contribution in [0.5, 0.6) is 0 Å². The van der Waals surface area contributed by atoms with Gasteiger partial charge in [0.2, 0.25) is 0 Å². The van der Waals surface area contributed by atoms with Gasteiger partial charge in [0.1, 0.15) is 6.61 Å². The Bertz CT molecular complexity index is 752. The zero-order valence-corrected chi connectivity index (χ0v) is 17.5. The largest absolute Gasteiger partial charge is 0.481 e. The van der Waals surface area contributed by atoms with Crippen molar-refractivity contribution >= 4 is 11.9 Å². The molecular formula is C25H32O4. The average Bonchev–Trinajstić information content (AvgIpc) is 2.71. The summed E-state index contributed by atoms with van der Waals surface area (Å²) in [6.07, 6.45) is 4.60. The van der Waals surface area contributed by atoms with E-state index < -0.39 is 5.97 Å². The van der Waals surface area contributed by atoms with Gasteiger partial charge in [-0.2, -0.15) is 0 Å². The number of carbonyl (C=O) groups excluding carboxylic acids is 1. The van der Waals surface area contributed by atoms with E-state index in [0.717, 1.165) is 17.5 Å². The molecule has 0 heterocycles. The topological polar surface area (TPSA) is 63.6 Å². The van der Waals surface area contributed by atoms with Crippen LogP contribution in [0.1, 0.15) is 56.2 Å². The second-order valence-electron chi connectivity index (χ2n) is 7.82. The highest BCUT2D eigenvalue weighted by molar-refractivity contribution is 5.72. The van der Waals surface area contributed by atoms with E-state index in [1.54, 1.807) is 0 Å². The van der Waals surface area contributed by atoms with E-state index in [1.165, 1.54) is 18.4 Å². The number of unbranched alkanes of at least 4 members (excludes halogenated alkanes) is 1. The van der Waals surface area contributed by atoms with Crippen molar-refractivity contribution in [2.75, 3.05) is 0 Å². The van der Waals surface area contributed by atoms with Crippen LogP contribution in [0, 0.1) is 11.8 Å². The monoisotopic (exact) mass is 396 g/mol. The number of aryl methyl sites for hydroxylation is 1. The van der Waals surface area contributed by atoms with E-state index in [2.05, 4.69) is 19.1 Å². The van der Waals surface area contributed by atoms with Gasteiger partial charge in [-0.15, -0.1) is 0 Å². The van der Waals surface area contributed by atoms with Crippen molar-refractivity contribution in [3.8, 4) is 0 Å². The summed E-state index contributed by atoms with van der Waals surface area (Å²) < 4.78 is 5.48. The van der Waals surface area contributed by atoms with Crippen LogP contribution in [-0.2, 0) is 33.8 Å². The van der Waals surface area contributed by atoms with E-state index in [-0.39, 0.29) is 30.8 Å². The van der Waals surface area contributed by atoms with Crippen LogP contribution >= 0.6 is 0 Å². The Balaban J connectivity index is 1.85. The molecule has 0 fully saturated rings. The molecule has 4 nitrogen and oxygen atoms in total. The summed E-state index contributed by atoms with van der Waals surface area (Å²) in [6.45, 7) is 4.24. The molecule has 2 aromatic carbocycles. The molecule has 0 bridgehead atoms. The first-order valence-electron chi connectivity index (χ1n) is 10.5. The van der Waals surface area contributed by atoms with Crippen LogP contribution in [0.3, 0.4) is 0 Å². The standard InChI is InChI=1S/C25H32O4/c1-3-4-8-20-11-13-22(14-12-20)18-29-25(28)19(2)15-23(17-24(26)27)16-21-9-6-5-7-10-21/h5-7,9-14,19,23H,3-4,8,15-18H2,1-2H3,(H,26,27). The first-order valence-corrected chi connectivity index (χ1v) is 10.5.